The van der Waals surface area contributed by atoms with Crippen molar-refractivity contribution in [1.82, 2.24) is 19.0 Å². The average Bonchev–Trinajstić information content (AvgIpc) is 3.25. The molecule has 0 aliphatic carbocycles. The highest BCUT2D eigenvalue weighted by Crippen LogP contribution is 2.22. The Bertz CT molecular complexity index is 766. The third-order valence-electron chi connectivity index (χ3n) is 4.79. The molecule has 27 heavy (non-hydrogen) atoms. The number of nitrogens with zero attached hydrogens (tertiary/aromatic N) is 3. The number of hydrogen-bond acceptors (Lipinski definition) is 6. The molecule has 1 aliphatic rings. The zero-order valence-electron chi connectivity index (χ0n) is 15.4. The summed E-state index contributed by atoms with van der Waals surface area (Å²) in [5.74, 6) is 1.10. The number of piperidine rings is 1. The van der Waals surface area contributed by atoms with E-state index in [1.54, 1.807) is 7.11 Å². The van der Waals surface area contributed by atoms with Gasteiger partial charge in [0.1, 0.15) is 5.75 Å². The molecule has 0 saturated carbocycles. The van der Waals surface area contributed by atoms with Crippen LogP contribution in [0.1, 0.15) is 41.7 Å². The van der Waals surface area contributed by atoms with Gasteiger partial charge in [0.15, 0.2) is 5.69 Å². The zero-order valence-corrected chi connectivity index (χ0v) is 16.2. The Balaban J connectivity index is 1.42. The Morgan fingerprint density at radius 2 is 2.30 bits per heavy atom. The predicted octanol–water partition coefficient (Wildman–Crippen LogP) is 2.50. The van der Waals surface area contributed by atoms with E-state index >= 15 is 0 Å². The van der Waals surface area contributed by atoms with Crippen LogP contribution in [0.4, 0.5) is 0 Å². The molecule has 2 heterocycles. The Hall–Kier alpha value is -2.48. The van der Waals surface area contributed by atoms with Gasteiger partial charge in [0.2, 0.25) is 5.91 Å². The van der Waals surface area contributed by atoms with Crippen molar-refractivity contribution in [2.75, 3.05) is 20.2 Å². The highest BCUT2D eigenvalue weighted by Gasteiger charge is 2.26. The molecule has 0 bridgehead atoms. The topological polar surface area (TPSA) is 84.4 Å². The van der Waals surface area contributed by atoms with Gasteiger partial charge in [-0.3, -0.25) is 9.59 Å². The number of carbonyl (C=O) groups excluding carboxylic acids is 2. The third-order valence-corrected chi connectivity index (χ3v) is 5.27. The largest absolute Gasteiger partial charge is 0.497 e. The molecular weight excluding hydrogens is 364 g/mol. The molecule has 1 N–H and O–H groups in total. The SMILES string of the molecule is COc1cccc(CNC(=O)CCC2CCCN(C(=O)c3cnsn3)C2)c1. The summed E-state index contributed by atoms with van der Waals surface area (Å²) in [6.45, 7) is 1.91. The molecular formula is C19H24N4O3S. The number of aromatic nitrogens is 2. The van der Waals surface area contributed by atoms with E-state index in [1.165, 1.54) is 6.20 Å². The summed E-state index contributed by atoms with van der Waals surface area (Å²) in [4.78, 5) is 26.4. The fraction of sp³-hybridized carbons (Fsp3) is 0.474. The second-order valence-corrected chi connectivity index (χ2v) is 7.28. The standard InChI is InChI=1S/C19H24N4O3S/c1-26-16-6-2-4-15(10-16)11-20-18(24)8-7-14-5-3-9-23(13-14)19(25)17-12-21-27-22-17/h2,4,6,10,12,14H,3,5,7-9,11,13H2,1H3,(H,20,24). The summed E-state index contributed by atoms with van der Waals surface area (Å²) in [5, 5.41) is 2.95. The van der Waals surface area contributed by atoms with Crippen LogP contribution in [0.2, 0.25) is 0 Å². The van der Waals surface area contributed by atoms with Gasteiger partial charge in [-0.05, 0) is 42.9 Å². The maximum atomic E-state index is 12.4. The van der Waals surface area contributed by atoms with Crippen LogP contribution in [-0.4, -0.2) is 45.7 Å². The number of nitrogens with one attached hydrogen (secondary N) is 1. The minimum absolute atomic E-state index is 0.0324. The zero-order chi connectivity index (χ0) is 19.1. The van der Waals surface area contributed by atoms with Crippen molar-refractivity contribution in [1.29, 1.82) is 0 Å². The molecule has 1 aromatic heterocycles. The van der Waals surface area contributed by atoms with Crippen LogP contribution in [0.25, 0.3) is 0 Å². The number of rotatable bonds is 7. The lowest BCUT2D eigenvalue weighted by Crippen LogP contribution is -2.40. The molecule has 0 spiro atoms. The van der Waals surface area contributed by atoms with Crippen LogP contribution in [-0.2, 0) is 11.3 Å². The molecule has 1 aliphatic heterocycles. The quantitative estimate of drug-likeness (QED) is 0.788. The van der Waals surface area contributed by atoms with Crippen LogP contribution >= 0.6 is 11.7 Å². The molecule has 1 fully saturated rings. The lowest BCUT2D eigenvalue weighted by molar-refractivity contribution is -0.121. The second-order valence-electron chi connectivity index (χ2n) is 6.72. The molecule has 1 unspecified atom stereocenters. The van der Waals surface area contributed by atoms with Gasteiger partial charge in [-0.2, -0.15) is 8.75 Å². The van der Waals surface area contributed by atoms with Gasteiger partial charge in [0.25, 0.3) is 5.91 Å². The van der Waals surface area contributed by atoms with Crippen molar-refractivity contribution in [3.63, 3.8) is 0 Å². The van der Waals surface area contributed by atoms with E-state index in [0.29, 0.717) is 31.1 Å². The molecule has 7 nitrogen and oxygen atoms in total. The summed E-state index contributed by atoms with van der Waals surface area (Å²) in [5.41, 5.74) is 1.42. The summed E-state index contributed by atoms with van der Waals surface area (Å²) < 4.78 is 13.1. The van der Waals surface area contributed by atoms with Crippen LogP contribution in [0, 0.1) is 5.92 Å². The molecule has 2 aromatic rings. The summed E-state index contributed by atoms with van der Waals surface area (Å²) in [6, 6.07) is 7.66. The van der Waals surface area contributed by atoms with E-state index in [-0.39, 0.29) is 11.8 Å². The summed E-state index contributed by atoms with van der Waals surface area (Å²) in [6.07, 6.45) is 4.77. The van der Waals surface area contributed by atoms with Gasteiger partial charge in [-0.15, -0.1) is 0 Å². The lowest BCUT2D eigenvalue weighted by atomic mass is 9.93. The number of hydrogen-bond donors (Lipinski definition) is 1. The van der Waals surface area contributed by atoms with Gasteiger partial charge in [0, 0.05) is 26.1 Å². The Morgan fingerprint density at radius 1 is 1.41 bits per heavy atom. The molecule has 8 heteroatoms. The van der Waals surface area contributed by atoms with Gasteiger partial charge in [0.05, 0.1) is 25.0 Å². The van der Waals surface area contributed by atoms with E-state index in [0.717, 1.165) is 48.8 Å². The molecule has 1 aromatic carbocycles. The highest BCUT2D eigenvalue weighted by molar-refractivity contribution is 6.99. The van der Waals surface area contributed by atoms with Crippen molar-refractivity contribution in [3.8, 4) is 5.75 Å². The van der Waals surface area contributed by atoms with E-state index in [1.807, 2.05) is 29.2 Å². The number of carbonyl (C=O) groups is 2. The van der Waals surface area contributed by atoms with Crippen LogP contribution < -0.4 is 10.1 Å². The molecule has 0 radical (unpaired) electrons. The fourth-order valence-electron chi connectivity index (χ4n) is 3.31. The van der Waals surface area contributed by atoms with Crippen molar-refractivity contribution in [2.24, 2.45) is 5.92 Å². The van der Waals surface area contributed by atoms with Gasteiger partial charge in [-0.1, -0.05) is 12.1 Å². The number of benzene rings is 1. The van der Waals surface area contributed by atoms with E-state index < -0.39 is 0 Å². The number of amides is 2. The molecule has 2 amide bonds. The maximum absolute atomic E-state index is 12.4. The second kappa shape index (κ2) is 9.45. The first-order valence-corrected chi connectivity index (χ1v) is 9.85. The minimum Gasteiger partial charge on any atom is -0.497 e. The highest BCUT2D eigenvalue weighted by atomic mass is 32.1. The van der Waals surface area contributed by atoms with Crippen molar-refractivity contribution in [2.45, 2.75) is 32.2 Å². The summed E-state index contributed by atoms with van der Waals surface area (Å²) >= 11 is 1.04. The molecule has 1 saturated heterocycles. The smallest absolute Gasteiger partial charge is 0.275 e. The first-order valence-electron chi connectivity index (χ1n) is 9.12. The summed E-state index contributed by atoms with van der Waals surface area (Å²) in [7, 11) is 1.63. The maximum Gasteiger partial charge on any atom is 0.275 e. The Kier molecular flexibility index (Phi) is 6.75. The Labute approximate surface area is 163 Å². The molecule has 3 rings (SSSR count). The average molecular weight is 388 g/mol. The van der Waals surface area contributed by atoms with E-state index in [4.69, 9.17) is 4.74 Å². The van der Waals surface area contributed by atoms with E-state index in [9.17, 15) is 9.59 Å². The van der Waals surface area contributed by atoms with Crippen molar-refractivity contribution < 1.29 is 14.3 Å². The van der Waals surface area contributed by atoms with Crippen LogP contribution in [0.15, 0.2) is 30.5 Å². The first kappa shape index (κ1) is 19.3. The van der Waals surface area contributed by atoms with Gasteiger partial charge in [-0.25, -0.2) is 0 Å². The lowest BCUT2D eigenvalue weighted by Gasteiger charge is -2.32. The van der Waals surface area contributed by atoms with Gasteiger partial charge >= 0.3 is 0 Å². The number of ether oxygens (including phenoxy) is 1. The number of likely N-dealkylation sites (tertiary alicyclic amines) is 1. The van der Waals surface area contributed by atoms with Crippen molar-refractivity contribution >= 4 is 23.5 Å². The van der Waals surface area contributed by atoms with Crippen LogP contribution in [0.3, 0.4) is 0 Å². The Morgan fingerprint density at radius 3 is 3.07 bits per heavy atom. The van der Waals surface area contributed by atoms with Crippen molar-refractivity contribution in [3.05, 3.63) is 41.7 Å². The monoisotopic (exact) mass is 388 g/mol. The van der Waals surface area contributed by atoms with E-state index in [2.05, 4.69) is 14.1 Å². The normalized spacial score (nSPS) is 16.8. The number of methoxy groups -OCH3 is 1. The molecule has 144 valence electrons. The predicted molar refractivity (Wildman–Crippen MR) is 103 cm³/mol. The molecule has 1 atom stereocenters. The first-order chi connectivity index (χ1) is 13.2. The van der Waals surface area contributed by atoms with Crippen LogP contribution in [0.5, 0.6) is 5.75 Å². The third kappa shape index (κ3) is 5.50. The fourth-order valence-corrected chi connectivity index (χ4v) is 3.72. The van der Waals surface area contributed by atoms with Gasteiger partial charge < -0.3 is 15.0 Å². The minimum atomic E-state index is -0.0593.